The molecule has 0 amide bonds. The second-order valence-electron chi connectivity index (χ2n) is 1.20. The Balaban J connectivity index is -0.000000180. The molecular formula is C5H7CaClO2. The second kappa shape index (κ2) is 16.0. The Kier molecular flexibility index (Phi) is 29.2. The van der Waals surface area contributed by atoms with Crippen molar-refractivity contribution in [3.05, 3.63) is 0 Å². The van der Waals surface area contributed by atoms with Crippen LogP contribution in [-0.2, 0) is 9.59 Å². The van der Waals surface area contributed by atoms with Gasteiger partial charge in [-0.05, 0) is 0 Å². The molecule has 0 N–H and O–H groups in total. The monoisotopic (exact) mass is 174 g/mol. The van der Waals surface area contributed by atoms with Gasteiger partial charge in [-0.1, -0.05) is 6.42 Å². The fourth-order valence-corrected chi connectivity index (χ4v) is 0.258. The van der Waals surface area contributed by atoms with E-state index in [-0.39, 0.29) is 50.1 Å². The number of hydrogen-bond donors (Lipinski definition) is 0. The van der Waals surface area contributed by atoms with Crippen molar-refractivity contribution in [3.8, 4) is 0 Å². The van der Waals surface area contributed by atoms with E-state index < -0.39 is 0 Å². The molecule has 0 aliphatic carbocycles. The zero-order chi connectivity index (χ0) is 5.54. The van der Waals surface area contributed by atoms with Gasteiger partial charge in [0.05, 0.1) is 0 Å². The van der Waals surface area contributed by atoms with E-state index in [1.54, 1.807) is 6.29 Å². The molecule has 0 radical (unpaired) electrons. The summed E-state index contributed by atoms with van der Waals surface area (Å²) in [5, 5.41) is 0. The molecule has 0 aromatic carbocycles. The minimum Gasteiger partial charge on any atom is -1.00 e. The van der Waals surface area contributed by atoms with Crippen LogP contribution in [0.2, 0.25) is 0 Å². The summed E-state index contributed by atoms with van der Waals surface area (Å²) in [6, 6.07) is 0. The molecule has 0 aliphatic heterocycles. The quantitative estimate of drug-likeness (QED) is 0.198. The number of rotatable bonds is 4. The van der Waals surface area contributed by atoms with E-state index in [1.807, 2.05) is 0 Å². The Hall–Kier alpha value is 0.890. The van der Waals surface area contributed by atoms with Gasteiger partial charge in [0.25, 0.3) is 0 Å². The molecule has 0 rings (SSSR count). The molecule has 9 heavy (non-hydrogen) atoms. The minimum atomic E-state index is 0. The van der Waals surface area contributed by atoms with Gasteiger partial charge >= 0.3 is 37.7 Å². The summed E-state index contributed by atoms with van der Waals surface area (Å²) in [5.41, 5.74) is 0. The van der Waals surface area contributed by atoms with Gasteiger partial charge in [0.15, 0.2) is 0 Å². The van der Waals surface area contributed by atoms with Crippen LogP contribution in [0.25, 0.3) is 0 Å². The van der Waals surface area contributed by atoms with Crippen molar-refractivity contribution >= 4 is 50.3 Å². The molecular weight excluding hydrogens is 168 g/mol. The van der Waals surface area contributed by atoms with Gasteiger partial charge < -0.3 is 22.0 Å². The third kappa shape index (κ3) is 17.6. The Morgan fingerprint density at radius 2 is 2.00 bits per heavy atom. The van der Waals surface area contributed by atoms with Crippen molar-refractivity contribution in [1.29, 1.82) is 0 Å². The van der Waals surface area contributed by atoms with Crippen molar-refractivity contribution < 1.29 is 22.0 Å². The summed E-state index contributed by atoms with van der Waals surface area (Å²) in [7, 11) is 0. The standard InChI is InChI=1S/C5H7O2.Ca.ClH/c6-4-2-1-3-5-7;;/h4H,1-3H2;;1H/q-1;+2;/p-1. The smallest absolute Gasteiger partial charge is 1.00 e. The molecule has 0 saturated heterocycles. The van der Waals surface area contributed by atoms with Gasteiger partial charge in [0.2, 0.25) is 0 Å². The molecule has 0 bridgehead atoms. The molecule has 2 nitrogen and oxygen atoms in total. The molecule has 0 aromatic rings. The van der Waals surface area contributed by atoms with Crippen LogP contribution in [-0.4, -0.2) is 50.3 Å². The van der Waals surface area contributed by atoms with E-state index in [1.165, 1.54) is 0 Å². The molecule has 0 unspecified atom stereocenters. The fourth-order valence-electron chi connectivity index (χ4n) is 0.258. The van der Waals surface area contributed by atoms with E-state index in [0.717, 1.165) is 6.29 Å². The van der Waals surface area contributed by atoms with Crippen LogP contribution >= 0.6 is 0 Å². The van der Waals surface area contributed by atoms with Crippen LogP contribution in [0.3, 0.4) is 0 Å². The van der Waals surface area contributed by atoms with Crippen LogP contribution in [0.5, 0.6) is 0 Å². The second-order valence-corrected chi connectivity index (χ2v) is 1.20. The molecule has 0 aliphatic rings. The summed E-state index contributed by atoms with van der Waals surface area (Å²) in [4.78, 5) is 19.0. The molecule has 4 heteroatoms. The summed E-state index contributed by atoms with van der Waals surface area (Å²) in [6.07, 6.45) is 4.01. The fraction of sp³-hybridized carbons (Fsp3) is 0.600. The summed E-state index contributed by atoms with van der Waals surface area (Å²) in [5.74, 6) is 0. The SMILES string of the molecule is O=[C-]CCCC=O.[Ca+2].[Cl-]. The summed E-state index contributed by atoms with van der Waals surface area (Å²) >= 11 is 0. The number of unbranched alkanes of at least 4 members (excludes halogenated alkanes) is 2. The number of carbonyl (C=O) groups is 1. The van der Waals surface area contributed by atoms with Crippen LogP contribution in [0.15, 0.2) is 0 Å². The zero-order valence-corrected chi connectivity index (χ0v) is 8.06. The molecule has 0 fully saturated rings. The van der Waals surface area contributed by atoms with Crippen LogP contribution in [0, 0.1) is 0 Å². The van der Waals surface area contributed by atoms with Crippen LogP contribution in [0.4, 0.5) is 0 Å². The Morgan fingerprint density at radius 1 is 1.44 bits per heavy atom. The molecule has 0 atom stereocenters. The number of halogens is 1. The van der Waals surface area contributed by atoms with Crippen molar-refractivity contribution in [2.45, 2.75) is 19.3 Å². The predicted molar refractivity (Wildman–Crippen MR) is 31.4 cm³/mol. The first-order valence-corrected chi connectivity index (χ1v) is 2.20. The average molecular weight is 175 g/mol. The first kappa shape index (κ1) is 16.5. The average Bonchev–Trinajstić information content (AvgIpc) is 1.69. The van der Waals surface area contributed by atoms with E-state index in [0.29, 0.717) is 19.3 Å². The Labute approximate surface area is 90.8 Å². The van der Waals surface area contributed by atoms with Crippen molar-refractivity contribution in [2.24, 2.45) is 0 Å². The van der Waals surface area contributed by atoms with Gasteiger partial charge in [-0.2, -0.15) is 6.42 Å². The maximum atomic E-state index is 9.55. The molecule has 48 valence electrons. The van der Waals surface area contributed by atoms with Crippen LogP contribution in [0.1, 0.15) is 19.3 Å². The minimum absolute atomic E-state index is 0. The third-order valence-electron chi connectivity index (χ3n) is 0.601. The van der Waals surface area contributed by atoms with Gasteiger partial charge in [-0.25, -0.2) is 0 Å². The Morgan fingerprint density at radius 3 is 2.33 bits per heavy atom. The molecule has 0 aromatic heterocycles. The summed E-state index contributed by atoms with van der Waals surface area (Å²) < 4.78 is 0. The predicted octanol–water partition coefficient (Wildman–Crippen LogP) is -2.91. The van der Waals surface area contributed by atoms with E-state index >= 15 is 0 Å². The first-order chi connectivity index (χ1) is 3.41. The van der Waals surface area contributed by atoms with E-state index in [9.17, 15) is 9.59 Å². The van der Waals surface area contributed by atoms with E-state index in [4.69, 9.17) is 0 Å². The summed E-state index contributed by atoms with van der Waals surface area (Å²) in [6.45, 7) is 0. The van der Waals surface area contributed by atoms with Crippen LogP contribution < -0.4 is 12.4 Å². The normalized spacial score (nSPS) is 6.22. The zero-order valence-electron chi connectivity index (χ0n) is 5.10. The third-order valence-corrected chi connectivity index (χ3v) is 0.601. The van der Waals surface area contributed by atoms with Gasteiger partial charge in [-0.15, -0.1) is 0 Å². The maximum absolute atomic E-state index is 9.55. The van der Waals surface area contributed by atoms with Gasteiger partial charge in [0.1, 0.15) is 6.29 Å². The van der Waals surface area contributed by atoms with Gasteiger partial charge in [-0.3, -0.25) is 6.29 Å². The molecule has 0 saturated carbocycles. The molecule has 0 heterocycles. The van der Waals surface area contributed by atoms with Crippen molar-refractivity contribution in [2.75, 3.05) is 0 Å². The maximum Gasteiger partial charge on any atom is 2.00 e. The number of hydrogen-bond acceptors (Lipinski definition) is 2. The number of aldehydes is 1. The largest absolute Gasteiger partial charge is 2.00 e. The van der Waals surface area contributed by atoms with E-state index in [2.05, 4.69) is 0 Å². The van der Waals surface area contributed by atoms with Gasteiger partial charge in [0, 0.05) is 6.42 Å². The van der Waals surface area contributed by atoms with Crippen molar-refractivity contribution in [1.82, 2.24) is 0 Å². The topological polar surface area (TPSA) is 34.1 Å². The van der Waals surface area contributed by atoms with Crippen molar-refractivity contribution in [3.63, 3.8) is 0 Å². The Bertz CT molecular complexity index is 60.0. The molecule has 0 spiro atoms. The number of carbonyl (C=O) groups excluding carboxylic acids is 2. The first-order valence-electron chi connectivity index (χ1n) is 2.20.